The molecule has 0 saturated heterocycles. The van der Waals surface area contributed by atoms with Crippen molar-refractivity contribution in [3.8, 4) is 5.75 Å². The molecule has 3 rings (SSSR count). The normalized spacial score (nSPS) is 11.9. The lowest BCUT2D eigenvalue weighted by atomic mass is 9.99. The average molecular weight is 333 g/mol. The van der Waals surface area contributed by atoms with Crippen LogP contribution in [0, 0.1) is 0 Å². The van der Waals surface area contributed by atoms with Crippen molar-refractivity contribution >= 4 is 22.4 Å². The van der Waals surface area contributed by atoms with Gasteiger partial charge < -0.3 is 10.1 Å². The van der Waals surface area contributed by atoms with Crippen LogP contribution in [0.15, 0.2) is 66.7 Å². The van der Waals surface area contributed by atoms with Gasteiger partial charge in [0.2, 0.25) is 0 Å². The van der Waals surface area contributed by atoms with Gasteiger partial charge in [-0.15, -0.1) is 0 Å². The number of hydrogen-bond donors (Lipinski definition) is 1. The Morgan fingerprint density at radius 3 is 2.48 bits per heavy atom. The summed E-state index contributed by atoms with van der Waals surface area (Å²) in [7, 11) is 0. The number of carbonyl (C=O) groups is 1. The number of benzene rings is 3. The van der Waals surface area contributed by atoms with E-state index in [-0.39, 0.29) is 12.5 Å². The van der Waals surface area contributed by atoms with Crippen molar-refractivity contribution in [2.45, 2.75) is 26.2 Å². The largest absolute Gasteiger partial charge is 0.483 e. The quantitative estimate of drug-likeness (QED) is 0.658. The van der Waals surface area contributed by atoms with Gasteiger partial charge >= 0.3 is 0 Å². The third-order valence-electron chi connectivity index (χ3n) is 4.48. The highest BCUT2D eigenvalue weighted by molar-refractivity contribution is 5.93. The second-order valence-electron chi connectivity index (χ2n) is 6.25. The van der Waals surface area contributed by atoms with Crippen LogP contribution in [-0.4, -0.2) is 12.5 Å². The lowest BCUT2D eigenvalue weighted by Gasteiger charge is -2.12. The van der Waals surface area contributed by atoms with Crippen LogP contribution in [0.1, 0.15) is 31.7 Å². The van der Waals surface area contributed by atoms with Crippen LogP contribution < -0.4 is 10.1 Å². The van der Waals surface area contributed by atoms with Gasteiger partial charge in [0.05, 0.1) is 0 Å². The topological polar surface area (TPSA) is 38.3 Å². The molecule has 0 aliphatic rings. The first kappa shape index (κ1) is 17.0. The van der Waals surface area contributed by atoms with Gasteiger partial charge in [-0.25, -0.2) is 0 Å². The van der Waals surface area contributed by atoms with Crippen LogP contribution >= 0.6 is 0 Å². The number of nitrogens with one attached hydrogen (secondary N) is 1. The summed E-state index contributed by atoms with van der Waals surface area (Å²) in [6.45, 7) is 4.36. The fourth-order valence-electron chi connectivity index (χ4n) is 2.79. The van der Waals surface area contributed by atoms with E-state index in [0.717, 1.165) is 28.6 Å². The molecule has 3 heteroatoms. The molecular formula is C22H23NO2. The van der Waals surface area contributed by atoms with Gasteiger partial charge in [-0.1, -0.05) is 62.4 Å². The van der Waals surface area contributed by atoms with E-state index >= 15 is 0 Å². The maximum absolute atomic E-state index is 12.2. The zero-order valence-corrected chi connectivity index (χ0v) is 14.7. The molecular weight excluding hydrogens is 310 g/mol. The van der Waals surface area contributed by atoms with Gasteiger partial charge in [0, 0.05) is 11.1 Å². The van der Waals surface area contributed by atoms with Gasteiger partial charge in [0.1, 0.15) is 5.75 Å². The monoisotopic (exact) mass is 333 g/mol. The number of rotatable bonds is 6. The van der Waals surface area contributed by atoms with Crippen LogP contribution in [0.25, 0.3) is 10.8 Å². The molecule has 3 aromatic rings. The lowest BCUT2D eigenvalue weighted by molar-refractivity contribution is -0.118. The molecule has 0 heterocycles. The Labute approximate surface area is 148 Å². The average Bonchev–Trinajstić information content (AvgIpc) is 2.66. The summed E-state index contributed by atoms with van der Waals surface area (Å²) in [4.78, 5) is 12.2. The molecule has 1 N–H and O–H groups in total. The van der Waals surface area contributed by atoms with Crippen molar-refractivity contribution in [2.75, 3.05) is 11.9 Å². The molecule has 1 atom stereocenters. The standard InChI is InChI=1S/C22H23NO2/c1-3-16(2)17-11-13-19(14-12-17)23-22(24)15-25-21-10-6-8-18-7-4-5-9-20(18)21/h4-14,16H,3,15H2,1-2H3,(H,23,24)/t16-/m1/s1. The molecule has 0 aliphatic heterocycles. The van der Waals surface area contributed by atoms with Gasteiger partial charge in [-0.3, -0.25) is 4.79 Å². The van der Waals surface area contributed by atoms with E-state index in [1.165, 1.54) is 5.56 Å². The maximum atomic E-state index is 12.2. The van der Waals surface area contributed by atoms with Crippen LogP contribution in [0.2, 0.25) is 0 Å². The van der Waals surface area contributed by atoms with Crippen LogP contribution in [0.5, 0.6) is 5.75 Å². The van der Waals surface area contributed by atoms with E-state index in [1.54, 1.807) is 0 Å². The van der Waals surface area contributed by atoms with Crippen molar-refractivity contribution in [1.82, 2.24) is 0 Å². The zero-order valence-electron chi connectivity index (χ0n) is 14.7. The Balaban J connectivity index is 1.61. The first-order chi connectivity index (χ1) is 12.2. The summed E-state index contributed by atoms with van der Waals surface area (Å²) >= 11 is 0. The molecule has 1 amide bonds. The molecule has 0 unspecified atom stereocenters. The third kappa shape index (κ3) is 4.18. The summed E-state index contributed by atoms with van der Waals surface area (Å²) in [5.74, 6) is 1.09. The van der Waals surface area contributed by atoms with Crippen LogP contribution in [-0.2, 0) is 4.79 Å². The number of hydrogen-bond acceptors (Lipinski definition) is 2. The Hall–Kier alpha value is -2.81. The van der Waals surface area contributed by atoms with E-state index in [2.05, 4.69) is 31.3 Å². The van der Waals surface area contributed by atoms with Gasteiger partial charge in [0.15, 0.2) is 6.61 Å². The summed E-state index contributed by atoms with van der Waals surface area (Å²) in [6, 6.07) is 21.8. The summed E-state index contributed by atoms with van der Waals surface area (Å²) in [5.41, 5.74) is 2.08. The number of anilines is 1. The molecule has 0 radical (unpaired) electrons. The van der Waals surface area contributed by atoms with Crippen molar-refractivity contribution in [3.63, 3.8) is 0 Å². The van der Waals surface area contributed by atoms with Gasteiger partial charge in [0.25, 0.3) is 5.91 Å². The second kappa shape index (κ2) is 7.84. The molecule has 3 nitrogen and oxygen atoms in total. The predicted molar refractivity (Wildman–Crippen MR) is 103 cm³/mol. The van der Waals surface area contributed by atoms with Crippen molar-refractivity contribution in [3.05, 3.63) is 72.3 Å². The van der Waals surface area contributed by atoms with E-state index in [1.807, 2.05) is 54.6 Å². The van der Waals surface area contributed by atoms with Crippen molar-refractivity contribution in [2.24, 2.45) is 0 Å². The molecule has 0 bridgehead atoms. The minimum atomic E-state index is -0.163. The molecule has 0 spiro atoms. The Kier molecular flexibility index (Phi) is 5.34. The minimum absolute atomic E-state index is 0.0128. The molecule has 0 aliphatic carbocycles. The molecule has 0 saturated carbocycles. The summed E-state index contributed by atoms with van der Waals surface area (Å²) < 4.78 is 5.72. The van der Waals surface area contributed by atoms with E-state index in [9.17, 15) is 4.79 Å². The Bertz CT molecular complexity index is 850. The van der Waals surface area contributed by atoms with Crippen molar-refractivity contribution < 1.29 is 9.53 Å². The maximum Gasteiger partial charge on any atom is 0.262 e. The summed E-state index contributed by atoms with van der Waals surface area (Å²) in [6.07, 6.45) is 1.10. The van der Waals surface area contributed by atoms with Crippen molar-refractivity contribution in [1.29, 1.82) is 0 Å². The van der Waals surface area contributed by atoms with Crippen LogP contribution in [0.4, 0.5) is 5.69 Å². The molecule has 0 aromatic heterocycles. The highest BCUT2D eigenvalue weighted by Gasteiger charge is 2.07. The smallest absolute Gasteiger partial charge is 0.262 e. The number of ether oxygens (including phenoxy) is 1. The van der Waals surface area contributed by atoms with E-state index in [0.29, 0.717) is 5.92 Å². The highest BCUT2D eigenvalue weighted by atomic mass is 16.5. The Morgan fingerprint density at radius 1 is 1.00 bits per heavy atom. The fraction of sp³-hybridized carbons (Fsp3) is 0.227. The highest BCUT2D eigenvalue weighted by Crippen LogP contribution is 2.25. The number of carbonyl (C=O) groups excluding carboxylic acids is 1. The minimum Gasteiger partial charge on any atom is -0.483 e. The second-order valence-corrected chi connectivity index (χ2v) is 6.25. The number of amides is 1. The van der Waals surface area contributed by atoms with E-state index in [4.69, 9.17) is 4.74 Å². The summed E-state index contributed by atoms with van der Waals surface area (Å²) in [5, 5.41) is 4.99. The zero-order chi connectivity index (χ0) is 17.6. The third-order valence-corrected chi connectivity index (χ3v) is 4.48. The Morgan fingerprint density at radius 2 is 1.72 bits per heavy atom. The van der Waals surface area contributed by atoms with Gasteiger partial charge in [-0.2, -0.15) is 0 Å². The molecule has 25 heavy (non-hydrogen) atoms. The lowest BCUT2D eigenvalue weighted by Crippen LogP contribution is -2.20. The first-order valence-corrected chi connectivity index (χ1v) is 8.67. The van der Waals surface area contributed by atoms with Gasteiger partial charge in [-0.05, 0) is 41.5 Å². The predicted octanol–water partition coefficient (Wildman–Crippen LogP) is 5.37. The molecule has 3 aromatic carbocycles. The van der Waals surface area contributed by atoms with E-state index < -0.39 is 0 Å². The fourth-order valence-corrected chi connectivity index (χ4v) is 2.79. The first-order valence-electron chi connectivity index (χ1n) is 8.67. The molecule has 128 valence electrons. The molecule has 0 fully saturated rings. The van der Waals surface area contributed by atoms with Crippen LogP contribution in [0.3, 0.4) is 0 Å². The SMILES string of the molecule is CC[C@@H](C)c1ccc(NC(=O)COc2cccc3ccccc23)cc1. The number of fused-ring (bicyclic) bond motifs is 1.